The van der Waals surface area contributed by atoms with E-state index in [0.29, 0.717) is 5.56 Å². The van der Waals surface area contributed by atoms with Crippen LogP contribution in [0.1, 0.15) is 15.9 Å². The molecular weight excluding hydrogens is 182 g/mol. The smallest absolute Gasteiger partial charge is 0.336 e. The second-order valence-electron chi connectivity index (χ2n) is 2.48. The quantitative estimate of drug-likeness (QED) is 0.450. The van der Waals surface area contributed by atoms with Crippen LogP contribution in [-0.2, 0) is 0 Å². The molecule has 0 bridgehead atoms. The predicted octanol–water partition coefficient (Wildman–Crippen LogP) is 2.97. The van der Waals surface area contributed by atoms with Gasteiger partial charge in [-0.2, -0.15) is 0 Å². The number of hydrogen-bond acceptors (Lipinski definition) is 2. The molecule has 0 fully saturated rings. The first-order valence-corrected chi connectivity index (χ1v) is 3.74. The lowest BCUT2D eigenvalue weighted by molar-refractivity contribution is 0.0698. The fourth-order valence-electron chi connectivity index (χ4n) is 0.987. The molecular formula is C9H7N3O2. The van der Waals surface area contributed by atoms with Gasteiger partial charge in [-0.3, -0.25) is 0 Å². The number of aromatic carboxylic acids is 1. The van der Waals surface area contributed by atoms with E-state index >= 15 is 0 Å². The molecule has 1 rings (SSSR count). The molecule has 0 aromatic heterocycles. The molecule has 0 spiro atoms. The minimum absolute atomic E-state index is 0.0276. The maximum atomic E-state index is 10.7. The molecule has 5 heteroatoms. The van der Waals surface area contributed by atoms with Crippen LogP contribution in [0.15, 0.2) is 29.9 Å². The standard InChI is InChI=1S/C9H7N3O2/c1-2-6-3-4-8(11-12-10)7(5-6)9(13)14/h2-5H,1H2,(H,13,14). The number of benzene rings is 1. The Morgan fingerprint density at radius 3 is 2.86 bits per heavy atom. The lowest BCUT2D eigenvalue weighted by atomic mass is 10.1. The van der Waals surface area contributed by atoms with E-state index in [0.717, 1.165) is 0 Å². The maximum absolute atomic E-state index is 10.7. The van der Waals surface area contributed by atoms with Gasteiger partial charge in [0.25, 0.3) is 0 Å². The minimum atomic E-state index is -1.13. The number of hydrogen-bond donors (Lipinski definition) is 1. The molecule has 14 heavy (non-hydrogen) atoms. The van der Waals surface area contributed by atoms with E-state index in [4.69, 9.17) is 10.6 Å². The van der Waals surface area contributed by atoms with Gasteiger partial charge in [0.15, 0.2) is 0 Å². The number of azide groups is 1. The zero-order chi connectivity index (χ0) is 10.6. The summed E-state index contributed by atoms with van der Waals surface area (Å²) in [7, 11) is 0. The monoisotopic (exact) mass is 189 g/mol. The summed E-state index contributed by atoms with van der Waals surface area (Å²) >= 11 is 0. The molecule has 1 N–H and O–H groups in total. The summed E-state index contributed by atoms with van der Waals surface area (Å²) in [5.74, 6) is -1.13. The zero-order valence-electron chi connectivity index (χ0n) is 7.21. The highest BCUT2D eigenvalue weighted by Gasteiger charge is 2.08. The minimum Gasteiger partial charge on any atom is -0.478 e. The van der Waals surface area contributed by atoms with E-state index in [-0.39, 0.29) is 11.3 Å². The molecule has 0 heterocycles. The van der Waals surface area contributed by atoms with E-state index in [1.54, 1.807) is 6.07 Å². The number of carbonyl (C=O) groups is 1. The molecule has 0 saturated carbocycles. The van der Waals surface area contributed by atoms with E-state index in [1.807, 2.05) is 0 Å². The average molecular weight is 189 g/mol. The van der Waals surface area contributed by atoms with Gasteiger partial charge in [-0.05, 0) is 17.2 Å². The zero-order valence-corrected chi connectivity index (χ0v) is 7.21. The third-order valence-electron chi connectivity index (χ3n) is 1.64. The highest BCUT2D eigenvalue weighted by molar-refractivity contribution is 5.94. The second-order valence-corrected chi connectivity index (χ2v) is 2.48. The van der Waals surface area contributed by atoms with Crippen LogP contribution in [0.4, 0.5) is 5.69 Å². The van der Waals surface area contributed by atoms with Crippen molar-refractivity contribution in [2.75, 3.05) is 0 Å². The lowest BCUT2D eigenvalue weighted by Gasteiger charge is -2.00. The molecule has 1 aromatic carbocycles. The molecule has 0 aliphatic rings. The topological polar surface area (TPSA) is 86.1 Å². The molecule has 0 unspecified atom stereocenters. The molecule has 5 nitrogen and oxygen atoms in total. The molecule has 0 saturated heterocycles. The molecule has 0 amide bonds. The first kappa shape index (κ1) is 9.83. The van der Waals surface area contributed by atoms with Gasteiger partial charge in [0.1, 0.15) is 0 Å². The Morgan fingerprint density at radius 2 is 2.36 bits per heavy atom. The number of nitrogens with zero attached hydrogens (tertiary/aromatic N) is 3. The highest BCUT2D eigenvalue weighted by Crippen LogP contribution is 2.21. The van der Waals surface area contributed by atoms with E-state index in [9.17, 15) is 4.79 Å². The first-order chi connectivity index (χ1) is 6.69. The second kappa shape index (κ2) is 4.11. The lowest BCUT2D eigenvalue weighted by Crippen LogP contribution is -1.96. The van der Waals surface area contributed by atoms with Crippen LogP contribution in [0, 0.1) is 0 Å². The van der Waals surface area contributed by atoms with Crippen molar-refractivity contribution in [1.29, 1.82) is 0 Å². The van der Waals surface area contributed by atoms with E-state index < -0.39 is 5.97 Å². The van der Waals surface area contributed by atoms with Gasteiger partial charge in [-0.25, -0.2) is 4.79 Å². The maximum Gasteiger partial charge on any atom is 0.336 e. The molecule has 0 radical (unpaired) electrons. The Morgan fingerprint density at radius 1 is 1.64 bits per heavy atom. The van der Waals surface area contributed by atoms with Gasteiger partial charge >= 0.3 is 5.97 Å². The summed E-state index contributed by atoms with van der Waals surface area (Å²) in [4.78, 5) is 13.3. The van der Waals surface area contributed by atoms with E-state index in [2.05, 4.69) is 16.6 Å². The van der Waals surface area contributed by atoms with Crippen LogP contribution < -0.4 is 0 Å². The van der Waals surface area contributed by atoms with Crippen molar-refractivity contribution in [3.8, 4) is 0 Å². The molecule has 0 aliphatic carbocycles. The number of rotatable bonds is 3. The summed E-state index contributed by atoms with van der Waals surface area (Å²) in [6.45, 7) is 3.51. The van der Waals surface area contributed by atoms with Gasteiger partial charge in [-0.1, -0.05) is 29.9 Å². The van der Waals surface area contributed by atoms with Gasteiger partial charge in [-0.15, -0.1) is 0 Å². The first-order valence-electron chi connectivity index (χ1n) is 3.74. The Bertz CT molecular complexity index is 434. The van der Waals surface area contributed by atoms with Crippen LogP contribution in [0.2, 0.25) is 0 Å². The van der Waals surface area contributed by atoms with Crippen LogP contribution in [-0.4, -0.2) is 11.1 Å². The summed E-state index contributed by atoms with van der Waals surface area (Å²) in [5.41, 5.74) is 8.94. The van der Waals surface area contributed by atoms with Crippen molar-refractivity contribution in [2.45, 2.75) is 0 Å². The Kier molecular flexibility index (Phi) is 2.89. The highest BCUT2D eigenvalue weighted by atomic mass is 16.4. The Labute approximate surface area is 79.9 Å². The molecule has 70 valence electrons. The van der Waals surface area contributed by atoms with Crippen molar-refractivity contribution < 1.29 is 9.90 Å². The molecule has 1 aromatic rings. The summed E-state index contributed by atoms with van der Waals surface area (Å²) in [6.07, 6.45) is 1.52. The van der Waals surface area contributed by atoms with Crippen molar-refractivity contribution in [2.24, 2.45) is 5.11 Å². The van der Waals surface area contributed by atoms with Crippen LogP contribution >= 0.6 is 0 Å². The summed E-state index contributed by atoms with van der Waals surface area (Å²) in [5, 5.41) is 12.1. The van der Waals surface area contributed by atoms with Crippen LogP contribution in [0.25, 0.3) is 16.5 Å². The molecule has 0 atom stereocenters. The third kappa shape index (κ3) is 1.91. The number of carboxylic acid groups (broad SMARTS) is 1. The van der Waals surface area contributed by atoms with Gasteiger partial charge < -0.3 is 5.11 Å². The largest absolute Gasteiger partial charge is 0.478 e. The van der Waals surface area contributed by atoms with Crippen molar-refractivity contribution >= 4 is 17.7 Å². The fraction of sp³-hybridized carbons (Fsp3) is 0. The van der Waals surface area contributed by atoms with Gasteiger partial charge in [0, 0.05) is 4.91 Å². The van der Waals surface area contributed by atoms with Crippen LogP contribution in [0.3, 0.4) is 0 Å². The third-order valence-corrected chi connectivity index (χ3v) is 1.64. The fourth-order valence-corrected chi connectivity index (χ4v) is 0.987. The Balaban J connectivity index is 3.37. The van der Waals surface area contributed by atoms with Gasteiger partial charge in [0.2, 0.25) is 0 Å². The number of carboxylic acids is 1. The summed E-state index contributed by atoms with van der Waals surface area (Å²) in [6, 6.07) is 4.48. The van der Waals surface area contributed by atoms with E-state index in [1.165, 1.54) is 18.2 Å². The SMILES string of the molecule is C=Cc1ccc(N=[N+]=[N-])c(C(=O)O)c1. The van der Waals surface area contributed by atoms with Crippen molar-refractivity contribution in [1.82, 2.24) is 0 Å². The van der Waals surface area contributed by atoms with Crippen molar-refractivity contribution in [3.63, 3.8) is 0 Å². The predicted molar refractivity (Wildman–Crippen MR) is 52.3 cm³/mol. The normalized spacial score (nSPS) is 8.86. The Hall–Kier alpha value is -2.26. The van der Waals surface area contributed by atoms with Crippen molar-refractivity contribution in [3.05, 3.63) is 46.3 Å². The van der Waals surface area contributed by atoms with Gasteiger partial charge in [0.05, 0.1) is 11.3 Å². The average Bonchev–Trinajstić information content (AvgIpc) is 2.18. The summed E-state index contributed by atoms with van der Waals surface area (Å²) < 4.78 is 0. The van der Waals surface area contributed by atoms with Crippen LogP contribution in [0.5, 0.6) is 0 Å². The molecule has 0 aliphatic heterocycles.